The minimum atomic E-state index is -4.63. The lowest BCUT2D eigenvalue weighted by Gasteiger charge is -2.37. The van der Waals surface area contributed by atoms with Gasteiger partial charge in [0.25, 0.3) is 0 Å². The summed E-state index contributed by atoms with van der Waals surface area (Å²) in [5, 5.41) is 4.82. The lowest BCUT2D eigenvalue weighted by atomic mass is 9.90. The molecule has 4 rings (SSSR count). The van der Waals surface area contributed by atoms with Crippen LogP contribution in [0.25, 0.3) is 0 Å². The number of sulfone groups is 1. The maximum atomic E-state index is 13.7. The van der Waals surface area contributed by atoms with E-state index in [-0.39, 0.29) is 29.8 Å². The largest absolute Gasteiger partial charge is 0.416 e. The summed E-state index contributed by atoms with van der Waals surface area (Å²) in [6, 6.07) is 15.7. The molecule has 0 amide bonds. The molecule has 0 saturated carbocycles. The summed E-state index contributed by atoms with van der Waals surface area (Å²) in [5.41, 5.74) is 1.43. The van der Waals surface area contributed by atoms with Gasteiger partial charge >= 0.3 is 6.18 Å². The first-order valence-electron chi connectivity index (χ1n) is 11.9. The standard InChI is InChI=1S/C27H31F3N2O3S/c1-25(2,3)24-16-22(32(31-24)18-19-9-6-5-7-10-19)23-17-26(4,13-14-35-23)36(33,34)21-12-8-11-20(15-21)27(28,29)30/h5-12,15-16,23H,13-14,17-18H2,1-4H3. The molecule has 2 unspecified atom stereocenters. The van der Waals surface area contributed by atoms with Crippen molar-refractivity contribution in [2.45, 2.75) is 74.4 Å². The summed E-state index contributed by atoms with van der Waals surface area (Å²) in [6.07, 6.45) is -4.91. The van der Waals surface area contributed by atoms with E-state index in [0.717, 1.165) is 35.2 Å². The van der Waals surface area contributed by atoms with Crippen LogP contribution in [0.15, 0.2) is 65.6 Å². The van der Waals surface area contributed by atoms with E-state index in [0.29, 0.717) is 6.54 Å². The average molecular weight is 521 g/mol. The lowest BCUT2D eigenvalue weighted by molar-refractivity contribution is -0.137. The van der Waals surface area contributed by atoms with Crippen molar-refractivity contribution < 1.29 is 26.3 Å². The van der Waals surface area contributed by atoms with E-state index in [1.165, 1.54) is 6.07 Å². The Balaban J connectivity index is 1.70. The molecule has 5 nitrogen and oxygen atoms in total. The van der Waals surface area contributed by atoms with E-state index < -0.39 is 32.4 Å². The number of rotatable bonds is 5. The number of benzene rings is 2. The SMILES string of the molecule is CC(C)(C)c1cc(C2CC(C)(S(=O)(=O)c3cccc(C(F)(F)F)c3)CCO2)n(Cc2ccccc2)n1. The molecule has 9 heteroatoms. The maximum Gasteiger partial charge on any atom is 0.416 e. The summed E-state index contributed by atoms with van der Waals surface area (Å²) in [6.45, 7) is 8.41. The van der Waals surface area contributed by atoms with Gasteiger partial charge in [0.2, 0.25) is 0 Å². The molecule has 3 aromatic rings. The van der Waals surface area contributed by atoms with Gasteiger partial charge in [-0.3, -0.25) is 4.68 Å². The third-order valence-electron chi connectivity index (χ3n) is 6.77. The first-order valence-corrected chi connectivity index (χ1v) is 13.3. The molecule has 1 aliphatic heterocycles. The summed E-state index contributed by atoms with van der Waals surface area (Å²) in [5.74, 6) is 0. The van der Waals surface area contributed by atoms with Crippen LogP contribution in [-0.4, -0.2) is 29.6 Å². The molecular weight excluding hydrogens is 489 g/mol. The second kappa shape index (κ2) is 9.34. The van der Waals surface area contributed by atoms with Gasteiger partial charge < -0.3 is 4.74 Å². The molecule has 2 heterocycles. The van der Waals surface area contributed by atoms with Crippen molar-refractivity contribution in [3.8, 4) is 0 Å². The number of halogens is 3. The zero-order valence-corrected chi connectivity index (χ0v) is 21.7. The minimum Gasteiger partial charge on any atom is -0.372 e. The molecule has 1 saturated heterocycles. The molecule has 0 radical (unpaired) electrons. The van der Waals surface area contributed by atoms with Gasteiger partial charge in [-0.15, -0.1) is 0 Å². The highest BCUT2D eigenvalue weighted by Crippen LogP contribution is 2.43. The van der Waals surface area contributed by atoms with E-state index in [4.69, 9.17) is 9.84 Å². The molecular formula is C27H31F3N2O3S. The maximum absolute atomic E-state index is 13.7. The van der Waals surface area contributed by atoms with Gasteiger partial charge in [0.15, 0.2) is 9.84 Å². The predicted molar refractivity (Wildman–Crippen MR) is 131 cm³/mol. The van der Waals surface area contributed by atoms with E-state index >= 15 is 0 Å². The fourth-order valence-corrected chi connectivity index (χ4v) is 6.30. The Labute approximate surface area is 210 Å². The van der Waals surface area contributed by atoms with Crippen LogP contribution in [0.5, 0.6) is 0 Å². The van der Waals surface area contributed by atoms with Crippen molar-refractivity contribution in [2.24, 2.45) is 0 Å². The van der Waals surface area contributed by atoms with E-state index in [9.17, 15) is 21.6 Å². The molecule has 0 bridgehead atoms. The minimum absolute atomic E-state index is 0.107. The number of ether oxygens (including phenoxy) is 1. The smallest absolute Gasteiger partial charge is 0.372 e. The molecule has 2 atom stereocenters. The Morgan fingerprint density at radius 3 is 2.39 bits per heavy atom. The van der Waals surface area contributed by atoms with Gasteiger partial charge in [0.05, 0.1) is 33.1 Å². The highest BCUT2D eigenvalue weighted by atomic mass is 32.2. The molecule has 1 aromatic heterocycles. The lowest BCUT2D eigenvalue weighted by Crippen LogP contribution is -2.42. The van der Waals surface area contributed by atoms with Crippen LogP contribution in [-0.2, 0) is 32.7 Å². The van der Waals surface area contributed by atoms with Crippen LogP contribution >= 0.6 is 0 Å². The number of nitrogens with zero attached hydrogens (tertiary/aromatic N) is 2. The van der Waals surface area contributed by atoms with Crippen molar-refractivity contribution in [1.82, 2.24) is 9.78 Å². The normalized spacial score (nSPS) is 21.5. The van der Waals surface area contributed by atoms with Gasteiger partial charge in [-0.25, -0.2) is 8.42 Å². The molecule has 2 aromatic carbocycles. The summed E-state index contributed by atoms with van der Waals surface area (Å²) >= 11 is 0. The molecule has 0 spiro atoms. The van der Waals surface area contributed by atoms with Gasteiger partial charge in [-0.05, 0) is 49.6 Å². The van der Waals surface area contributed by atoms with Crippen molar-refractivity contribution in [3.05, 3.63) is 83.2 Å². The number of alkyl halides is 3. The fraction of sp³-hybridized carbons (Fsp3) is 0.444. The van der Waals surface area contributed by atoms with Crippen molar-refractivity contribution >= 4 is 9.84 Å². The first kappa shape index (κ1) is 26.4. The highest BCUT2D eigenvalue weighted by Gasteiger charge is 2.46. The monoisotopic (exact) mass is 520 g/mol. The van der Waals surface area contributed by atoms with E-state index in [1.807, 2.05) is 41.1 Å². The van der Waals surface area contributed by atoms with Crippen LogP contribution in [0.2, 0.25) is 0 Å². The number of hydrogen-bond donors (Lipinski definition) is 0. The van der Waals surface area contributed by atoms with E-state index in [1.54, 1.807) is 6.92 Å². The molecule has 1 fully saturated rings. The van der Waals surface area contributed by atoms with Crippen molar-refractivity contribution in [1.29, 1.82) is 0 Å². The van der Waals surface area contributed by atoms with Crippen LogP contribution in [0.3, 0.4) is 0 Å². The Morgan fingerprint density at radius 2 is 1.75 bits per heavy atom. The van der Waals surface area contributed by atoms with Gasteiger partial charge in [0.1, 0.15) is 6.10 Å². The van der Waals surface area contributed by atoms with Crippen molar-refractivity contribution in [2.75, 3.05) is 6.61 Å². The summed E-state index contributed by atoms with van der Waals surface area (Å²) < 4.78 is 73.8. The zero-order chi connectivity index (χ0) is 26.4. The fourth-order valence-electron chi connectivity index (χ4n) is 4.47. The highest BCUT2D eigenvalue weighted by molar-refractivity contribution is 7.92. The van der Waals surface area contributed by atoms with Gasteiger partial charge in [-0.1, -0.05) is 57.2 Å². The van der Waals surface area contributed by atoms with Gasteiger partial charge in [-0.2, -0.15) is 18.3 Å². The number of hydrogen-bond acceptors (Lipinski definition) is 4. The quantitative estimate of drug-likeness (QED) is 0.394. The predicted octanol–water partition coefficient (Wildman–Crippen LogP) is 6.33. The van der Waals surface area contributed by atoms with E-state index in [2.05, 4.69) is 20.8 Å². The zero-order valence-electron chi connectivity index (χ0n) is 20.8. The Kier molecular flexibility index (Phi) is 6.85. The second-order valence-corrected chi connectivity index (χ2v) is 13.1. The Bertz CT molecular complexity index is 1330. The molecule has 36 heavy (non-hydrogen) atoms. The summed E-state index contributed by atoms with van der Waals surface area (Å²) in [4.78, 5) is -0.325. The molecule has 0 aliphatic carbocycles. The van der Waals surface area contributed by atoms with Crippen LogP contribution < -0.4 is 0 Å². The van der Waals surface area contributed by atoms with Gasteiger partial charge in [0, 0.05) is 12.0 Å². The van der Waals surface area contributed by atoms with Crippen LogP contribution in [0.4, 0.5) is 13.2 Å². The Hall–Kier alpha value is -2.65. The van der Waals surface area contributed by atoms with Crippen LogP contribution in [0, 0.1) is 0 Å². The Morgan fingerprint density at radius 1 is 1.06 bits per heavy atom. The van der Waals surface area contributed by atoms with Crippen LogP contribution in [0.1, 0.15) is 69.2 Å². The first-order chi connectivity index (χ1) is 16.7. The molecule has 0 N–H and O–H groups in total. The topological polar surface area (TPSA) is 61.2 Å². The van der Waals surface area contributed by atoms with Crippen molar-refractivity contribution in [3.63, 3.8) is 0 Å². The molecule has 1 aliphatic rings. The third-order valence-corrected chi connectivity index (χ3v) is 9.31. The second-order valence-electron chi connectivity index (χ2n) is 10.6. The number of aromatic nitrogens is 2. The molecule has 194 valence electrons. The average Bonchev–Trinajstić information content (AvgIpc) is 3.24. The third kappa shape index (κ3) is 5.22. The summed E-state index contributed by atoms with van der Waals surface area (Å²) in [7, 11) is -4.09.